The summed E-state index contributed by atoms with van der Waals surface area (Å²) in [7, 11) is 0. The molecule has 3 rings (SSSR count). The minimum absolute atomic E-state index is 0.396. The number of hydrogen-bond donors (Lipinski definition) is 2. The van der Waals surface area contributed by atoms with E-state index in [0.717, 1.165) is 28.9 Å². The number of fused-ring (bicyclic) bond motifs is 3. The molecule has 0 radical (unpaired) electrons. The molecule has 0 aliphatic carbocycles. The molecular formula is C18H23N5O2. The van der Waals surface area contributed by atoms with Gasteiger partial charge in [0.1, 0.15) is 5.60 Å². The van der Waals surface area contributed by atoms with Crippen LogP contribution in [0, 0.1) is 0 Å². The fraction of sp³-hybridized carbons (Fsp3) is 0.389. The SMILES string of the molecule is CC(C)(C)OC(=O)NCCCNc1nc2ccccc2n2ccnc12. The highest BCUT2D eigenvalue weighted by atomic mass is 16.6. The zero-order valence-corrected chi connectivity index (χ0v) is 14.7. The third-order valence-electron chi connectivity index (χ3n) is 3.54. The average molecular weight is 341 g/mol. The predicted octanol–water partition coefficient (Wildman–Crippen LogP) is 3.21. The summed E-state index contributed by atoms with van der Waals surface area (Å²) in [5.74, 6) is 0.737. The van der Waals surface area contributed by atoms with Gasteiger partial charge in [-0.25, -0.2) is 14.8 Å². The highest BCUT2D eigenvalue weighted by Crippen LogP contribution is 2.20. The number of carbonyl (C=O) groups excluding carboxylic acids is 1. The Morgan fingerprint density at radius 3 is 2.84 bits per heavy atom. The molecule has 7 heteroatoms. The van der Waals surface area contributed by atoms with Crippen molar-refractivity contribution in [1.29, 1.82) is 0 Å². The van der Waals surface area contributed by atoms with Crippen LogP contribution >= 0.6 is 0 Å². The Morgan fingerprint density at radius 1 is 1.24 bits per heavy atom. The number of aromatic nitrogens is 3. The number of imidazole rings is 1. The molecule has 0 spiro atoms. The molecule has 7 nitrogen and oxygen atoms in total. The van der Waals surface area contributed by atoms with Crippen molar-refractivity contribution in [3.63, 3.8) is 0 Å². The normalized spacial score (nSPS) is 11.6. The summed E-state index contributed by atoms with van der Waals surface area (Å²) >= 11 is 0. The molecule has 2 N–H and O–H groups in total. The van der Waals surface area contributed by atoms with E-state index in [1.807, 2.05) is 55.6 Å². The lowest BCUT2D eigenvalue weighted by molar-refractivity contribution is 0.0528. The van der Waals surface area contributed by atoms with Crippen molar-refractivity contribution in [3.05, 3.63) is 36.7 Å². The van der Waals surface area contributed by atoms with Gasteiger partial charge in [-0.05, 0) is 39.3 Å². The van der Waals surface area contributed by atoms with E-state index < -0.39 is 11.7 Å². The van der Waals surface area contributed by atoms with Crippen LogP contribution in [0.4, 0.5) is 10.6 Å². The van der Waals surface area contributed by atoms with Crippen LogP contribution in [0.15, 0.2) is 36.7 Å². The number of nitrogens with zero attached hydrogens (tertiary/aromatic N) is 3. The first-order valence-electron chi connectivity index (χ1n) is 8.36. The Labute approximate surface area is 146 Å². The van der Waals surface area contributed by atoms with Crippen LogP contribution in [0.3, 0.4) is 0 Å². The number of alkyl carbamates (subject to hydrolysis) is 1. The number of ether oxygens (including phenoxy) is 1. The molecule has 1 aromatic carbocycles. The number of hydrogen-bond acceptors (Lipinski definition) is 5. The fourth-order valence-corrected chi connectivity index (χ4v) is 2.52. The minimum atomic E-state index is -0.483. The van der Waals surface area contributed by atoms with Gasteiger partial charge in [-0.1, -0.05) is 12.1 Å². The van der Waals surface area contributed by atoms with Crippen LogP contribution in [0.1, 0.15) is 27.2 Å². The number of para-hydroxylation sites is 2. The summed E-state index contributed by atoms with van der Waals surface area (Å²) in [4.78, 5) is 20.6. The smallest absolute Gasteiger partial charge is 0.407 e. The molecule has 132 valence electrons. The van der Waals surface area contributed by atoms with Gasteiger partial charge < -0.3 is 15.4 Å². The van der Waals surface area contributed by atoms with Gasteiger partial charge in [0.15, 0.2) is 11.5 Å². The van der Waals surface area contributed by atoms with Crippen molar-refractivity contribution < 1.29 is 9.53 Å². The first-order chi connectivity index (χ1) is 11.9. The Balaban J connectivity index is 1.58. The lowest BCUT2D eigenvalue weighted by Crippen LogP contribution is -2.33. The van der Waals surface area contributed by atoms with Crippen LogP contribution in [-0.4, -0.2) is 39.2 Å². The lowest BCUT2D eigenvalue weighted by atomic mass is 10.2. The third-order valence-corrected chi connectivity index (χ3v) is 3.54. The molecule has 2 aromatic heterocycles. The second-order valence-electron chi connectivity index (χ2n) is 6.78. The molecule has 25 heavy (non-hydrogen) atoms. The summed E-state index contributed by atoms with van der Waals surface area (Å²) in [6.07, 6.45) is 4.04. The van der Waals surface area contributed by atoms with Crippen LogP contribution < -0.4 is 10.6 Å². The third kappa shape index (κ3) is 4.17. The standard InChI is InChI=1S/C18H23N5O2/c1-18(2,3)25-17(24)21-10-6-9-19-15-16-20-11-12-23(16)14-8-5-4-7-13(14)22-15/h4-5,7-8,11-12H,6,9-10H2,1-3H3,(H,19,22)(H,21,24). The molecular weight excluding hydrogens is 318 g/mol. The highest BCUT2D eigenvalue weighted by molar-refractivity contribution is 5.82. The fourth-order valence-electron chi connectivity index (χ4n) is 2.52. The molecule has 0 unspecified atom stereocenters. The van der Waals surface area contributed by atoms with Gasteiger partial charge in [0.2, 0.25) is 0 Å². The van der Waals surface area contributed by atoms with E-state index in [0.29, 0.717) is 13.1 Å². The lowest BCUT2D eigenvalue weighted by Gasteiger charge is -2.19. The van der Waals surface area contributed by atoms with Gasteiger partial charge in [-0.3, -0.25) is 4.40 Å². The highest BCUT2D eigenvalue weighted by Gasteiger charge is 2.15. The molecule has 0 bridgehead atoms. The molecule has 1 amide bonds. The molecule has 3 aromatic rings. The van der Waals surface area contributed by atoms with E-state index >= 15 is 0 Å². The second-order valence-corrected chi connectivity index (χ2v) is 6.78. The van der Waals surface area contributed by atoms with E-state index in [-0.39, 0.29) is 0 Å². The summed E-state index contributed by atoms with van der Waals surface area (Å²) in [5, 5.41) is 6.05. The summed E-state index contributed by atoms with van der Waals surface area (Å²) in [5.41, 5.74) is 2.23. The molecule has 0 saturated carbocycles. The molecule has 0 aliphatic heterocycles. The zero-order chi connectivity index (χ0) is 17.9. The van der Waals surface area contributed by atoms with Gasteiger partial charge in [-0.15, -0.1) is 0 Å². The Kier molecular flexibility index (Phi) is 4.74. The number of rotatable bonds is 5. The van der Waals surface area contributed by atoms with Gasteiger partial charge in [0.25, 0.3) is 0 Å². The van der Waals surface area contributed by atoms with Gasteiger partial charge in [0.05, 0.1) is 11.0 Å². The van der Waals surface area contributed by atoms with Crippen molar-refractivity contribution in [2.45, 2.75) is 32.8 Å². The first-order valence-corrected chi connectivity index (χ1v) is 8.36. The maximum atomic E-state index is 11.6. The van der Waals surface area contributed by atoms with Crippen molar-refractivity contribution in [2.24, 2.45) is 0 Å². The summed E-state index contributed by atoms with van der Waals surface area (Å²) < 4.78 is 7.22. The second kappa shape index (κ2) is 6.96. The minimum Gasteiger partial charge on any atom is -0.444 e. The number of amides is 1. The summed E-state index contributed by atoms with van der Waals surface area (Å²) in [6, 6.07) is 7.95. The molecule has 0 saturated heterocycles. The molecule has 0 aliphatic rings. The maximum absolute atomic E-state index is 11.6. The predicted molar refractivity (Wildman–Crippen MR) is 97.8 cm³/mol. The van der Waals surface area contributed by atoms with Crippen molar-refractivity contribution in [1.82, 2.24) is 19.7 Å². The van der Waals surface area contributed by atoms with Gasteiger partial charge in [-0.2, -0.15) is 0 Å². The molecule has 0 atom stereocenters. The van der Waals surface area contributed by atoms with Crippen molar-refractivity contribution in [2.75, 3.05) is 18.4 Å². The van der Waals surface area contributed by atoms with E-state index in [1.165, 1.54) is 0 Å². The van der Waals surface area contributed by atoms with Gasteiger partial charge in [0, 0.05) is 25.5 Å². The first kappa shape index (κ1) is 17.0. The van der Waals surface area contributed by atoms with E-state index in [2.05, 4.69) is 20.6 Å². The quantitative estimate of drug-likeness (QED) is 0.697. The zero-order valence-electron chi connectivity index (χ0n) is 14.7. The van der Waals surface area contributed by atoms with E-state index in [4.69, 9.17) is 4.74 Å². The van der Waals surface area contributed by atoms with Crippen molar-refractivity contribution in [3.8, 4) is 0 Å². The van der Waals surface area contributed by atoms with E-state index in [1.54, 1.807) is 6.20 Å². The average Bonchev–Trinajstić information content (AvgIpc) is 3.03. The number of nitrogens with one attached hydrogen (secondary N) is 2. The summed E-state index contributed by atoms with van der Waals surface area (Å²) in [6.45, 7) is 6.73. The topological polar surface area (TPSA) is 80.5 Å². The molecule has 0 fully saturated rings. The Hall–Kier alpha value is -2.83. The number of carbonyl (C=O) groups is 1. The van der Waals surface area contributed by atoms with Crippen LogP contribution in [0.5, 0.6) is 0 Å². The van der Waals surface area contributed by atoms with Crippen LogP contribution in [-0.2, 0) is 4.74 Å². The maximum Gasteiger partial charge on any atom is 0.407 e. The Bertz CT molecular complexity index is 882. The van der Waals surface area contributed by atoms with Crippen molar-refractivity contribution >= 4 is 28.6 Å². The monoisotopic (exact) mass is 341 g/mol. The molecule has 2 heterocycles. The van der Waals surface area contributed by atoms with Gasteiger partial charge >= 0.3 is 6.09 Å². The number of benzene rings is 1. The van der Waals surface area contributed by atoms with Crippen LogP contribution in [0.25, 0.3) is 16.7 Å². The Morgan fingerprint density at radius 2 is 2.04 bits per heavy atom. The van der Waals surface area contributed by atoms with E-state index in [9.17, 15) is 4.79 Å². The van der Waals surface area contributed by atoms with Crippen LogP contribution in [0.2, 0.25) is 0 Å². The number of anilines is 1. The largest absolute Gasteiger partial charge is 0.444 e.